The lowest BCUT2D eigenvalue weighted by Gasteiger charge is -2.12. The van der Waals surface area contributed by atoms with Crippen molar-refractivity contribution >= 4 is 11.8 Å². The molecular weight excluding hydrogens is 477 g/mol. The van der Waals surface area contributed by atoms with Gasteiger partial charge in [-0.15, -0.1) is 5.10 Å². The standard InChI is InChI=1S/C24H23F3N6O3/c1-3-15-4-6-16(7-5-15)19(13-28)30-23(35)20-14-33(32-31-20)11-10-29-22(34)18-9-8-17(24(25,26)27)12-21(18)36-2/h4-9,12,14,19H,3,10-11H2,1-2H3,(H,29,34)(H,30,35). The van der Waals surface area contributed by atoms with Crippen molar-refractivity contribution in [3.8, 4) is 11.8 Å². The lowest BCUT2D eigenvalue weighted by atomic mass is 10.0. The highest BCUT2D eigenvalue weighted by molar-refractivity contribution is 5.97. The van der Waals surface area contributed by atoms with Crippen molar-refractivity contribution in [2.24, 2.45) is 0 Å². The summed E-state index contributed by atoms with van der Waals surface area (Å²) in [6.45, 7) is 2.20. The minimum Gasteiger partial charge on any atom is -0.496 e. The Morgan fingerprint density at radius 1 is 1.17 bits per heavy atom. The number of carbonyl (C=O) groups is 2. The first-order chi connectivity index (χ1) is 17.2. The smallest absolute Gasteiger partial charge is 0.416 e. The van der Waals surface area contributed by atoms with E-state index in [-0.39, 0.29) is 30.1 Å². The molecule has 0 saturated heterocycles. The molecule has 0 fully saturated rings. The number of methoxy groups -OCH3 is 1. The van der Waals surface area contributed by atoms with Crippen LogP contribution in [0.3, 0.4) is 0 Å². The van der Waals surface area contributed by atoms with Gasteiger partial charge >= 0.3 is 6.18 Å². The number of nitrogens with one attached hydrogen (secondary N) is 2. The average Bonchev–Trinajstić information content (AvgIpc) is 3.35. The first-order valence-corrected chi connectivity index (χ1v) is 10.9. The maximum Gasteiger partial charge on any atom is 0.416 e. The molecule has 3 rings (SSSR count). The number of aryl methyl sites for hydroxylation is 1. The summed E-state index contributed by atoms with van der Waals surface area (Å²) in [5.74, 6) is -1.44. The van der Waals surface area contributed by atoms with Crippen LogP contribution in [0.1, 0.15) is 50.5 Å². The molecule has 1 aromatic heterocycles. The molecule has 36 heavy (non-hydrogen) atoms. The van der Waals surface area contributed by atoms with E-state index < -0.39 is 29.6 Å². The highest BCUT2D eigenvalue weighted by Crippen LogP contribution is 2.33. The molecular formula is C24H23F3N6O3. The third-order valence-electron chi connectivity index (χ3n) is 5.30. The summed E-state index contributed by atoms with van der Waals surface area (Å²) in [7, 11) is 1.17. The van der Waals surface area contributed by atoms with Crippen LogP contribution in [0.2, 0.25) is 0 Å². The number of alkyl halides is 3. The molecule has 2 N–H and O–H groups in total. The third kappa shape index (κ3) is 6.38. The van der Waals surface area contributed by atoms with E-state index in [4.69, 9.17) is 4.74 Å². The Kier molecular flexibility index (Phi) is 8.26. The molecule has 0 aliphatic rings. The second kappa shape index (κ2) is 11.4. The van der Waals surface area contributed by atoms with Gasteiger partial charge in [-0.1, -0.05) is 36.4 Å². The van der Waals surface area contributed by atoms with Gasteiger partial charge in [0.1, 0.15) is 11.8 Å². The zero-order chi connectivity index (χ0) is 26.3. The van der Waals surface area contributed by atoms with E-state index in [1.54, 1.807) is 12.1 Å². The van der Waals surface area contributed by atoms with Gasteiger partial charge < -0.3 is 15.4 Å². The van der Waals surface area contributed by atoms with Crippen LogP contribution in [0.5, 0.6) is 5.75 Å². The van der Waals surface area contributed by atoms with Crippen molar-refractivity contribution < 1.29 is 27.5 Å². The number of carbonyl (C=O) groups excluding carboxylic acids is 2. The largest absolute Gasteiger partial charge is 0.496 e. The van der Waals surface area contributed by atoms with E-state index >= 15 is 0 Å². The van der Waals surface area contributed by atoms with Crippen LogP contribution in [-0.4, -0.2) is 40.5 Å². The Morgan fingerprint density at radius 3 is 2.50 bits per heavy atom. The van der Waals surface area contributed by atoms with Gasteiger partial charge in [-0.05, 0) is 35.7 Å². The van der Waals surface area contributed by atoms with Gasteiger partial charge in [-0.25, -0.2) is 4.68 Å². The number of ether oxygens (including phenoxy) is 1. The fraction of sp³-hybridized carbons (Fsp3) is 0.292. The minimum atomic E-state index is -4.56. The Bertz CT molecular complexity index is 1270. The van der Waals surface area contributed by atoms with Gasteiger partial charge in [0.2, 0.25) is 0 Å². The summed E-state index contributed by atoms with van der Waals surface area (Å²) in [5, 5.41) is 22.2. The molecule has 9 nitrogen and oxygen atoms in total. The van der Waals surface area contributed by atoms with Gasteiger partial charge in [0.05, 0.1) is 37.0 Å². The van der Waals surface area contributed by atoms with E-state index in [1.807, 2.05) is 25.1 Å². The molecule has 1 atom stereocenters. The number of hydrogen-bond donors (Lipinski definition) is 2. The zero-order valence-corrected chi connectivity index (χ0v) is 19.5. The first kappa shape index (κ1) is 26.2. The monoisotopic (exact) mass is 500 g/mol. The number of benzene rings is 2. The van der Waals surface area contributed by atoms with Crippen LogP contribution >= 0.6 is 0 Å². The normalized spacial score (nSPS) is 11.9. The van der Waals surface area contributed by atoms with Crippen molar-refractivity contribution in [1.82, 2.24) is 25.6 Å². The van der Waals surface area contributed by atoms with E-state index in [0.717, 1.165) is 30.2 Å². The van der Waals surface area contributed by atoms with E-state index in [9.17, 15) is 28.0 Å². The second-order valence-electron chi connectivity index (χ2n) is 7.67. The summed E-state index contributed by atoms with van der Waals surface area (Å²) in [5.41, 5.74) is 0.737. The molecule has 188 valence electrons. The summed E-state index contributed by atoms with van der Waals surface area (Å²) < 4.78 is 44.9. The molecule has 0 aliphatic carbocycles. The van der Waals surface area contributed by atoms with Crippen molar-refractivity contribution in [1.29, 1.82) is 5.26 Å². The van der Waals surface area contributed by atoms with Crippen LogP contribution in [0.4, 0.5) is 13.2 Å². The Hall–Kier alpha value is -4.40. The molecule has 0 saturated carbocycles. The summed E-state index contributed by atoms with van der Waals surface area (Å²) in [4.78, 5) is 24.9. The Morgan fingerprint density at radius 2 is 1.89 bits per heavy atom. The minimum absolute atomic E-state index is 0.0174. The molecule has 12 heteroatoms. The molecule has 0 spiro atoms. The van der Waals surface area contributed by atoms with Gasteiger partial charge in [0.25, 0.3) is 11.8 Å². The van der Waals surface area contributed by atoms with Crippen molar-refractivity contribution in [3.63, 3.8) is 0 Å². The quantitative estimate of drug-likeness (QED) is 0.465. The van der Waals surface area contributed by atoms with Crippen LogP contribution < -0.4 is 15.4 Å². The molecule has 0 radical (unpaired) electrons. The molecule has 0 aliphatic heterocycles. The molecule has 1 unspecified atom stereocenters. The topological polar surface area (TPSA) is 122 Å². The summed E-state index contributed by atoms with van der Waals surface area (Å²) in [6.07, 6.45) is -2.35. The van der Waals surface area contributed by atoms with Crippen LogP contribution in [0, 0.1) is 11.3 Å². The fourth-order valence-electron chi connectivity index (χ4n) is 3.29. The first-order valence-electron chi connectivity index (χ1n) is 10.9. The number of nitrogens with zero attached hydrogens (tertiary/aromatic N) is 4. The SMILES string of the molecule is CCc1ccc(C(C#N)NC(=O)c2cn(CCNC(=O)c3ccc(C(F)(F)F)cc3OC)nn2)cc1. The molecule has 0 bridgehead atoms. The second-order valence-corrected chi connectivity index (χ2v) is 7.67. The molecule has 2 amide bonds. The number of nitriles is 1. The van der Waals surface area contributed by atoms with Crippen molar-refractivity contribution in [2.75, 3.05) is 13.7 Å². The summed E-state index contributed by atoms with van der Waals surface area (Å²) >= 11 is 0. The molecule has 3 aromatic rings. The van der Waals surface area contributed by atoms with E-state index in [0.29, 0.717) is 5.56 Å². The zero-order valence-electron chi connectivity index (χ0n) is 19.5. The van der Waals surface area contributed by atoms with Gasteiger partial charge in [0, 0.05) is 6.54 Å². The number of amides is 2. The third-order valence-corrected chi connectivity index (χ3v) is 5.30. The fourth-order valence-corrected chi connectivity index (χ4v) is 3.29. The highest BCUT2D eigenvalue weighted by Gasteiger charge is 2.31. The van der Waals surface area contributed by atoms with Crippen molar-refractivity contribution in [3.05, 3.63) is 76.6 Å². The number of halogens is 3. The van der Waals surface area contributed by atoms with Crippen LogP contribution in [-0.2, 0) is 19.1 Å². The summed E-state index contributed by atoms with van der Waals surface area (Å²) in [6, 6.07) is 11.1. The number of rotatable bonds is 9. The number of aromatic nitrogens is 3. The Labute approximate surface area is 204 Å². The molecule has 1 heterocycles. The molecule has 2 aromatic carbocycles. The van der Waals surface area contributed by atoms with Gasteiger partial charge in [-0.3, -0.25) is 9.59 Å². The predicted octanol–water partition coefficient (Wildman–Crippen LogP) is 3.29. The van der Waals surface area contributed by atoms with Gasteiger partial charge in [-0.2, -0.15) is 18.4 Å². The maximum atomic E-state index is 12.9. The lowest BCUT2D eigenvalue weighted by molar-refractivity contribution is -0.137. The van der Waals surface area contributed by atoms with E-state index in [2.05, 4.69) is 20.9 Å². The highest BCUT2D eigenvalue weighted by atomic mass is 19.4. The van der Waals surface area contributed by atoms with E-state index in [1.165, 1.54) is 18.0 Å². The van der Waals surface area contributed by atoms with Crippen LogP contribution in [0.25, 0.3) is 0 Å². The van der Waals surface area contributed by atoms with Gasteiger partial charge in [0.15, 0.2) is 5.69 Å². The predicted molar refractivity (Wildman–Crippen MR) is 122 cm³/mol. The lowest BCUT2D eigenvalue weighted by Crippen LogP contribution is -2.28. The average molecular weight is 500 g/mol. The number of hydrogen-bond acceptors (Lipinski definition) is 6. The van der Waals surface area contributed by atoms with Crippen LogP contribution in [0.15, 0.2) is 48.7 Å². The van der Waals surface area contributed by atoms with Crippen molar-refractivity contribution in [2.45, 2.75) is 32.1 Å². The maximum absolute atomic E-state index is 12.9. The Balaban J connectivity index is 1.56.